The Morgan fingerprint density at radius 3 is 1.86 bits per heavy atom. The van der Waals surface area contributed by atoms with E-state index in [4.69, 9.17) is 9.47 Å². The zero-order chi connectivity index (χ0) is 24.2. The fourth-order valence-corrected chi connectivity index (χ4v) is 5.16. The van der Waals surface area contributed by atoms with Gasteiger partial charge in [0.25, 0.3) is 0 Å². The first-order valence-electron chi connectivity index (χ1n) is 11.8. The average molecular weight is 458 g/mol. The molecule has 0 radical (unpaired) electrons. The molecule has 4 aromatic rings. The number of rotatable bonds is 6. The molecule has 0 unspecified atom stereocenters. The number of ether oxygens (including phenoxy) is 2. The maximum absolute atomic E-state index is 10.4. The zero-order valence-electron chi connectivity index (χ0n) is 19.9. The van der Waals surface area contributed by atoms with Crippen LogP contribution in [0.1, 0.15) is 40.0 Å². The Morgan fingerprint density at radius 1 is 0.714 bits per heavy atom. The molecule has 35 heavy (non-hydrogen) atoms. The number of hydrogen-bond donors (Lipinski definition) is 0. The molecule has 0 aliphatic heterocycles. The lowest BCUT2D eigenvalue weighted by Crippen LogP contribution is -2.22. The van der Waals surface area contributed by atoms with Gasteiger partial charge in [0.15, 0.2) is 0 Å². The van der Waals surface area contributed by atoms with Gasteiger partial charge in [0, 0.05) is 11.8 Å². The highest BCUT2D eigenvalue weighted by atomic mass is 16.5. The molecule has 0 bridgehead atoms. The Balaban J connectivity index is 1.66. The minimum Gasteiger partial charge on any atom is -0.497 e. The first-order valence-corrected chi connectivity index (χ1v) is 11.8. The van der Waals surface area contributed by atoms with E-state index in [1.807, 2.05) is 42.5 Å². The van der Waals surface area contributed by atoms with E-state index in [1.165, 1.54) is 11.1 Å². The van der Waals surface area contributed by atoms with Gasteiger partial charge in [-0.05, 0) is 57.6 Å². The molecule has 0 amide bonds. The normalized spacial score (nSPS) is 17.2. The third-order valence-corrected chi connectivity index (χ3v) is 6.90. The van der Waals surface area contributed by atoms with E-state index in [0.717, 1.165) is 33.8 Å². The van der Waals surface area contributed by atoms with Gasteiger partial charge in [-0.2, -0.15) is 5.26 Å². The van der Waals surface area contributed by atoms with Gasteiger partial charge in [-0.25, -0.2) is 0 Å². The van der Waals surface area contributed by atoms with Crippen molar-refractivity contribution in [1.82, 2.24) is 0 Å². The average Bonchev–Trinajstić information content (AvgIpc) is 2.93. The Hall–Kier alpha value is -4.29. The van der Waals surface area contributed by atoms with Gasteiger partial charge in [-0.15, -0.1) is 0 Å². The Kier molecular flexibility index (Phi) is 6.37. The van der Waals surface area contributed by atoms with Gasteiger partial charge in [0.2, 0.25) is 0 Å². The molecule has 0 saturated carbocycles. The van der Waals surface area contributed by atoms with Crippen LogP contribution >= 0.6 is 0 Å². The Bertz CT molecular complexity index is 1380. The van der Waals surface area contributed by atoms with Crippen molar-refractivity contribution in [2.24, 2.45) is 0 Å². The number of nitrogens with zero attached hydrogens (tertiary/aromatic N) is 1. The van der Waals surface area contributed by atoms with E-state index in [-0.39, 0.29) is 17.8 Å². The van der Waals surface area contributed by atoms with E-state index in [0.29, 0.717) is 0 Å². The Labute approximate surface area is 206 Å². The largest absolute Gasteiger partial charge is 0.497 e. The molecular formula is C32H27NO2. The maximum atomic E-state index is 10.4. The van der Waals surface area contributed by atoms with Crippen LogP contribution in [0.2, 0.25) is 0 Å². The van der Waals surface area contributed by atoms with Gasteiger partial charge >= 0.3 is 0 Å². The fourth-order valence-electron chi connectivity index (χ4n) is 5.16. The second-order valence-corrected chi connectivity index (χ2v) is 8.74. The van der Waals surface area contributed by atoms with Crippen molar-refractivity contribution in [3.05, 3.63) is 125 Å². The number of fused-ring (bicyclic) bond motifs is 3. The minimum atomic E-state index is -0.270. The van der Waals surface area contributed by atoms with Crippen LogP contribution in [0.25, 0.3) is 17.2 Å². The number of allylic oxidation sites excluding steroid dienone is 1. The SMILES string of the molecule is COc1ccc(/C=C\[C@H](c2ccc(OC)cc2)[C@H]2c3ccccc3-c3ccccc3[C@@H]2C#N)cc1. The van der Waals surface area contributed by atoms with Crippen LogP contribution < -0.4 is 9.47 Å². The van der Waals surface area contributed by atoms with Crippen molar-refractivity contribution in [2.75, 3.05) is 14.2 Å². The lowest BCUT2D eigenvalue weighted by molar-refractivity contribution is 0.414. The second kappa shape index (κ2) is 9.91. The summed E-state index contributed by atoms with van der Waals surface area (Å²) in [7, 11) is 3.35. The van der Waals surface area contributed by atoms with Crippen molar-refractivity contribution in [1.29, 1.82) is 5.26 Å². The molecule has 1 aliphatic rings. The van der Waals surface area contributed by atoms with Gasteiger partial charge < -0.3 is 9.47 Å². The van der Waals surface area contributed by atoms with E-state index in [2.05, 4.69) is 72.8 Å². The van der Waals surface area contributed by atoms with E-state index < -0.39 is 0 Å². The zero-order valence-corrected chi connectivity index (χ0v) is 19.9. The summed E-state index contributed by atoms with van der Waals surface area (Å²) in [5, 5.41) is 10.4. The molecule has 0 spiro atoms. The third-order valence-electron chi connectivity index (χ3n) is 6.90. The number of nitriles is 1. The fraction of sp³-hybridized carbons (Fsp3) is 0.156. The lowest BCUT2D eigenvalue weighted by atomic mass is 9.65. The summed E-state index contributed by atoms with van der Waals surface area (Å²) in [4.78, 5) is 0. The topological polar surface area (TPSA) is 42.2 Å². The van der Waals surface area contributed by atoms with Crippen LogP contribution in [-0.2, 0) is 0 Å². The summed E-state index contributed by atoms with van der Waals surface area (Å²) in [5.41, 5.74) is 6.89. The monoisotopic (exact) mass is 457 g/mol. The summed E-state index contributed by atoms with van der Waals surface area (Å²) in [5.74, 6) is 1.33. The summed E-state index contributed by atoms with van der Waals surface area (Å²) < 4.78 is 10.7. The third kappa shape index (κ3) is 4.32. The minimum absolute atomic E-state index is 0.0119. The molecule has 1 aliphatic carbocycles. The number of hydrogen-bond acceptors (Lipinski definition) is 3. The molecule has 0 saturated heterocycles. The Morgan fingerprint density at radius 2 is 1.26 bits per heavy atom. The molecule has 0 aromatic heterocycles. The van der Waals surface area contributed by atoms with Crippen molar-refractivity contribution in [3.8, 4) is 28.7 Å². The molecular weight excluding hydrogens is 430 g/mol. The maximum Gasteiger partial charge on any atom is 0.118 e. The molecule has 3 heteroatoms. The molecule has 0 N–H and O–H groups in total. The molecule has 0 fully saturated rings. The summed E-state index contributed by atoms with van der Waals surface area (Å²) in [6, 6.07) is 35.7. The predicted molar refractivity (Wildman–Crippen MR) is 141 cm³/mol. The second-order valence-electron chi connectivity index (χ2n) is 8.74. The number of benzene rings is 4. The highest BCUT2D eigenvalue weighted by Gasteiger charge is 2.38. The predicted octanol–water partition coefficient (Wildman–Crippen LogP) is 7.57. The molecule has 4 aromatic carbocycles. The van der Waals surface area contributed by atoms with Crippen LogP contribution in [0.4, 0.5) is 0 Å². The van der Waals surface area contributed by atoms with E-state index in [9.17, 15) is 5.26 Å². The smallest absolute Gasteiger partial charge is 0.118 e. The van der Waals surface area contributed by atoms with Crippen molar-refractivity contribution < 1.29 is 9.47 Å². The van der Waals surface area contributed by atoms with Crippen molar-refractivity contribution >= 4 is 6.08 Å². The highest BCUT2D eigenvalue weighted by molar-refractivity contribution is 5.76. The summed E-state index contributed by atoms with van der Waals surface area (Å²) >= 11 is 0. The molecule has 3 nitrogen and oxygen atoms in total. The van der Waals surface area contributed by atoms with Gasteiger partial charge in [-0.3, -0.25) is 0 Å². The molecule has 0 heterocycles. The van der Waals surface area contributed by atoms with Crippen LogP contribution in [0.15, 0.2) is 103 Å². The van der Waals surface area contributed by atoms with Gasteiger partial charge in [0.05, 0.1) is 26.2 Å². The summed E-state index contributed by atoms with van der Waals surface area (Å²) in [6.07, 6.45) is 4.38. The highest BCUT2D eigenvalue weighted by Crippen LogP contribution is 2.52. The first kappa shape index (κ1) is 22.5. The number of methoxy groups -OCH3 is 2. The van der Waals surface area contributed by atoms with E-state index >= 15 is 0 Å². The van der Waals surface area contributed by atoms with Crippen LogP contribution in [0.3, 0.4) is 0 Å². The van der Waals surface area contributed by atoms with Crippen molar-refractivity contribution in [3.63, 3.8) is 0 Å². The van der Waals surface area contributed by atoms with E-state index in [1.54, 1.807) is 14.2 Å². The quantitative estimate of drug-likeness (QED) is 0.300. The van der Waals surface area contributed by atoms with Crippen molar-refractivity contribution in [2.45, 2.75) is 17.8 Å². The molecule has 5 rings (SSSR count). The van der Waals surface area contributed by atoms with Crippen LogP contribution in [0, 0.1) is 11.3 Å². The van der Waals surface area contributed by atoms with Gasteiger partial charge in [0.1, 0.15) is 11.5 Å². The van der Waals surface area contributed by atoms with Gasteiger partial charge in [-0.1, -0.05) is 84.9 Å². The summed E-state index contributed by atoms with van der Waals surface area (Å²) in [6.45, 7) is 0. The van der Waals surface area contributed by atoms with Crippen LogP contribution in [-0.4, -0.2) is 14.2 Å². The lowest BCUT2D eigenvalue weighted by Gasteiger charge is -2.36. The van der Waals surface area contributed by atoms with Crippen LogP contribution in [0.5, 0.6) is 11.5 Å². The first-order chi connectivity index (χ1) is 17.2. The molecule has 172 valence electrons. The standard InChI is InChI=1S/C32H27NO2/c1-34-24-16-11-22(12-17-24)13-20-26(23-14-18-25(35-2)19-15-23)32-30-10-6-5-8-28(30)27-7-3-4-9-29(27)31(32)21-33/h3-20,26,31-32H,1-2H3/b20-13-/t26-,31+,32+/m1/s1. The molecule has 3 atom stereocenters.